The summed E-state index contributed by atoms with van der Waals surface area (Å²) < 4.78 is 0. The number of aromatic nitrogens is 3. The second-order valence-corrected chi connectivity index (χ2v) is 3.10. The van der Waals surface area contributed by atoms with Crippen molar-refractivity contribution in [3.05, 3.63) is 23.8 Å². The number of aromatic amines is 1. The molecular formula is C9H9N3O2. The largest absolute Gasteiger partial charge is 0.481 e. The molecule has 2 aromatic rings. The topological polar surface area (TPSA) is 78.9 Å². The van der Waals surface area contributed by atoms with Gasteiger partial charge in [-0.15, -0.1) is 0 Å². The van der Waals surface area contributed by atoms with Gasteiger partial charge in [0.15, 0.2) is 0 Å². The molecule has 0 bridgehead atoms. The molecule has 5 nitrogen and oxygen atoms in total. The van der Waals surface area contributed by atoms with Crippen LogP contribution in [0.2, 0.25) is 0 Å². The standard InChI is InChI=1S/C9H9N3O2/c1-5(9(13)14)6-3-2-4-7-8(6)11-12-10-7/h2-5H,1H3,(H,13,14)(H,10,11,12). The monoisotopic (exact) mass is 191 g/mol. The van der Waals surface area contributed by atoms with E-state index in [1.165, 1.54) is 0 Å². The summed E-state index contributed by atoms with van der Waals surface area (Å²) in [4.78, 5) is 10.8. The number of hydrogen-bond donors (Lipinski definition) is 2. The molecule has 14 heavy (non-hydrogen) atoms. The van der Waals surface area contributed by atoms with Crippen molar-refractivity contribution in [2.24, 2.45) is 0 Å². The Labute approximate surface area is 79.7 Å². The number of hydrogen-bond acceptors (Lipinski definition) is 3. The first kappa shape index (κ1) is 8.68. The van der Waals surface area contributed by atoms with Gasteiger partial charge in [0.2, 0.25) is 0 Å². The van der Waals surface area contributed by atoms with Gasteiger partial charge in [0, 0.05) is 0 Å². The van der Waals surface area contributed by atoms with Crippen molar-refractivity contribution in [3.63, 3.8) is 0 Å². The smallest absolute Gasteiger partial charge is 0.310 e. The molecule has 1 aromatic carbocycles. The molecule has 0 radical (unpaired) electrons. The number of nitrogens with one attached hydrogen (secondary N) is 1. The van der Waals surface area contributed by atoms with E-state index in [0.717, 1.165) is 0 Å². The lowest BCUT2D eigenvalue weighted by atomic mass is 10.0. The molecule has 1 heterocycles. The van der Waals surface area contributed by atoms with E-state index in [1.54, 1.807) is 25.1 Å². The third kappa shape index (κ3) is 1.22. The van der Waals surface area contributed by atoms with Gasteiger partial charge in [0.25, 0.3) is 0 Å². The van der Waals surface area contributed by atoms with E-state index in [4.69, 9.17) is 5.11 Å². The molecule has 1 aromatic heterocycles. The van der Waals surface area contributed by atoms with Gasteiger partial charge in [-0.2, -0.15) is 15.4 Å². The maximum Gasteiger partial charge on any atom is 0.310 e. The molecule has 0 amide bonds. The third-order valence-electron chi connectivity index (χ3n) is 2.22. The van der Waals surface area contributed by atoms with Crippen LogP contribution in [0.4, 0.5) is 0 Å². The van der Waals surface area contributed by atoms with E-state index in [2.05, 4.69) is 15.4 Å². The fraction of sp³-hybridized carbons (Fsp3) is 0.222. The molecule has 0 saturated carbocycles. The number of H-pyrrole nitrogens is 1. The second-order valence-electron chi connectivity index (χ2n) is 3.10. The fourth-order valence-electron chi connectivity index (χ4n) is 1.37. The van der Waals surface area contributed by atoms with Crippen molar-refractivity contribution < 1.29 is 9.90 Å². The lowest BCUT2D eigenvalue weighted by molar-refractivity contribution is -0.138. The predicted molar refractivity (Wildman–Crippen MR) is 49.9 cm³/mol. The summed E-state index contributed by atoms with van der Waals surface area (Å²) in [6, 6.07) is 5.32. The van der Waals surface area contributed by atoms with Crippen LogP contribution in [0, 0.1) is 0 Å². The average Bonchev–Trinajstić information content (AvgIpc) is 2.63. The van der Waals surface area contributed by atoms with E-state index >= 15 is 0 Å². The number of aliphatic carboxylic acids is 1. The Hall–Kier alpha value is -1.91. The molecule has 0 aliphatic rings. The second kappa shape index (κ2) is 3.10. The molecule has 5 heteroatoms. The van der Waals surface area contributed by atoms with Gasteiger partial charge in [-0.25, -0.2) is 0 Å². The number of carboxylic acids is 1. The first-order chi connectivity index (χ1) is 6.70. The van der Waals surface area contributed by atoms with Gasteiger partial charge in [0.1, 0.15) is 11.0 Å². The Morgan fingerprint density at radius 3 is 3.00 bits per heavy atom. The summed E-state index contributed by atoms with van der Waals surface area (Å²) in [5.74, 6) is -1.43. The zero-order chi connectivity index (χ0) is 10.1. The predicted octanol–water partition coefficient (Wildman–Crippen LogP) is 1.15. The van der Waals surface area contributed by atoms with Crippen LogP contribution >= 0.6 is 0 Å². The van der Waals surface area contributed by atoms with E-state index < -0.39 is 11.9 Å². The van der Waals surface area contributed by atoms with E-state index in [-0.39, 0.29) is 0 Å². The van der Waals surface area contributed by atoms with Crippen molar-refractivity contribution >= 4 is 17.0 Å². The van der Waals surface area contributed by atoms with E-state index in [1.807, 2.05) is 0 Å². The third-order valence-corrected chi connectivity index (χ3v) is 2.22. The molecule has 1 atom stereocenters. The van der Waals surface area contributed by atoms with Gasteiger partial charge >= 0.3 is 5.97 Å². The molecule has 2 N–H and O–H groups in total. The minimum Gasteiger partial charge on any atom is -0.481 e. The first-order valence-electron chi connectivity index (χ1n) is 4.22. The lowest BCUT2D eigenvalue weighted by Gasteiger charge is -2.05. The number of benzene rings is 1. The van der Waals surface area contributed by atoms with Crippen molar-refractivity contribution in [3.8, 4) is 0 Å². The molecule has 0 aliphatic carbocycles. The highest BCUT2D eigenvalue weighted by Crippen LogP contribution is 2.22. The summed E-state index contributed by atoms with van der Waals surface area (Å²) in [5.41, 5.74) is 2.00. The normalized spacial score (nSPS) is 12.9. The molecular weight excluding hydrogens is 182 g/mol. The van der Waals surface area contributed by atoms with Crippen LogP contribution in [-0.4, -0.2) is 26.5 Å². The number of para-hydroxylation sites is 1. The van der Waals surface area contributed by atoms with Crippen molar-refractivity contribution in [1.82, 2.24) is 15.4 Å². The average molecular weight is 191 g/mol. The summed E-state index contributed by atoms with van der Waals surface area (Å²) in [5, 5.41) is 19.2. The molecule has 72 valence electrons. The minimum atomic E-state index is -0.861. The zero-order valence-corrected chi connectivity index (χ0v) is 7.56. The van der Waals surface area contributed by atoms with Crippen LogP contribution in [0.25, 0.3) is 11.0 Å². The maximum absolute atomic E-state index is 10.8. The van der Waals surface area contributed by atoms with Crippen LogP contribution < -0.4 is 0 Å². The Kier molecular flexibility index (Phi) is 1.92. The highest BCUT2D eigenvalue weighted by atomic mass is 16.4. The van der Waals surface area contributed by atoms with Crippen molar-refractivity contribution in [2.75, 3.05) is 0 Å². The Bertz CT molecular complexity index is 478. The first-order valence-corrected chi connectivity index (χ1v) is 4.22. The molecule has 1 unspecified atom stereocenters. The quantitative estimate of drug-likeness (QED) is 0.746. The van der Waals surface area contributed by atoms with Crippen LogP contribution in [0.15, 0.2) is 18.2 Å². The maximum atomic E-state index is 10.8. The van der Waals surface area contributed by atoms with E-state index in [0.29, 0.717) is 16.6 Å². The number of carboxylic acid groups (broad SMARTS) is 1. The minimum absolute atomic E-state index is 0.566. The van der Waals surface area contributed by atoms with Gasteiger partial charge in [0.05, 0.1) is 5.92 Å². The molecule has 2 rings (SSSR count). The summed E-state index contributed by atoms with van der Waals surface area (Å²) in [7, 11) is 0. The number of carbonyl (C=O) groups is 1. The van der Waals surface area contributed by atoms with Crippen LogP contribution in [0.3, 0.4) is 0 Å². The van der Waals surface area contributed by atoms with Crippen molar-refractivity contribution in [2.45, 2.75) is 12.8 Å². The Balaban J connectivity index is 2.61. The number of rotatable bonds is 2. The zero-order valence-electron chi connectivity index (χ0n) is 7.56. The van der Waals surface area contributed by atoms with Crippen LogP contribution in [-0.2, 0) is 4.79 Å². The lowest BCUT2D eigenvalue weighted by Crippen LogP contribution is -2.07. The Morgan fingerprint density at radius 2 is 2.29 bits per heavy atom. The summed E-state index contributed by atoms with van der Waals surface area (Å²) in [6.07, 6.45) is 0. The van der Waals surface area contributed by atoms with Crippen LogP contribution in [0.1, 0.15) is 18.4 Å². The van der Waals surface area contributed by atoms with Crippen LogP contribution in [0.5, 0.6) is 0 Å². The molecule has 0 saturated heterocycles. The molecule has 0 spiro atoms. The molecule has 0 fully saturated rings. The highest BCUT2D eigenvalue weighted by molar-refractivity contribution is 5.85. The SMILES string of the molecule is CC(C(=O)O)c1cccc2n[nH]nc12. The number of nitrogens with zero attached hydrogens (tertiary/aromatic N) is 2. The van der Waals surface area contributed by atoms with Gasteiger partial charge in [-0.05, 0) is 18.6 Å². The fourth-order valence-corrected chi connectivity index (χ4v) is 1.37. The van der Waals surface area contributed by atoms with Gasteiger partial charge in [-0.1, -0.05) is 12.1 Å². The highest BCUT2D eigenvalue weighted by Gasteiger charge is 2.17. The van der Waals surface area contributed by atoms with Gasteiger partial charge < -0.3 is 5.11 Å². The summed E-state index contributed by atoms with van der Waals surface area (Å²) in [6.45, 7) is 1.63. The van der Waals surface area contributed by atoms with Gasteiger partial charge in [-0.3, -0.25) is 4.79 Å². The summed E-state index contributed by atoms with van der Waals surface area (Å²) >= 11 is 0. The molecule has 0 aliphatic heterocycles. The Morgan fingerprint density at radius 1 is 1.50 bits per heavy atom. The van der Waals surface area contributed by atoms with E-state index in [9.17, 15) is 4.79 Å². The van der Waals surface area contributed by atoms with Crippen molar-refractivity contribution in [1.29, 1.82) is 0 Å². The number of fused-ring (bicyclic) bond motifs is 1.